The molecule has 0 saturated heterocycles. The molecule has 4 nitrogen and oxygen atoms in total. The lowest BCUT2D eigenvalue weighted by Gasteiger charge is -2.15. The van der Waals surface area contributed by atoms with Crippen LogP contribution in [0.25, 0.3) is 0 Å². The van der Waals surface area contributed by atoms with E-state index in [0.29, 0.717) is 6.61 Å². The van der Waals surface area contributed by atoms with Crippen molar-refractivity contribution >= 4 is 0 Å². The van der Waals surface area contributed by atoms with Crippen LogP contribution in [-0.2, 0) is 6.61 Å². The van der Waals surface area contributed by atoms with E-state index in [2.05, 4.69) is 12.1 Å². The Kier molecular flexibility index (Phi) is 3.77. The lowest BCUT2D eigenvalue weighted by Crippen LogP contribution is -2.10. The summed E-state index contributed by atoms with van der Waals surface area (Å²) in [5, 5.41) is 3.63. The summed E-state index contributed by atoms with van der Waals surface area (Å²) < 4.78 is 10.5. The summed E-state index contributed by atoms with van der Waals surface area (Å²) >= 11 is 0. The first-order valence-electron chi connectivity index (χ1n) is 5.66. The molecule has 0 aliphatic rings. The van der Waals surface area contributed by atoms with Crippen molar-refractivity contribution in [1.82, 2.24) is 5.16 Å². The van der Waals surface area contributed by atoms with Crippen molar-refractivity contribution in [2.24, 2.45) is 5.73 Å². The highest BCUT2D eigenvalue weighted by Gasteiger charge is 2.10. The Morgan fingerprint density at radius 2 is 2.24 bits per heavy atom. The van der Waals surface area contributed by atoms with Crippen LogP contribution in [0.2, 0.25) is 0 Å². The Hall–Kier alpha value is -1.81. The fourth-order valence-corrected chi connectivity index (χ4v) is 1.60. The summed E-state index contributed by atoms with van der Waals surface area (Å²) in [6, 6.07) is 7.84. The van der Waals surface area contributed by atoms with Gasteiger partial charge in [0.15, 0.2) is 0 Å². The third-order valence-electron chi connectivity index (χ3n) is 2.64. The molecule has 1 unspecified atom stereocenters. The van der Waals surface area contributed by atoms with E-state index in [1.165, 1.54) is 0 Å². The van der Waals surface area contributed by atoms with E-state index in [-0.39, 0.29) is 6.04 Å². The van der Waals surface area contributed by atoms with Gasteiger partial charge in [0.2, 0.25) is 0 Å². The third kappa shape index (κ3) is 2.85. The number of benzene rings is 1. The van der Waals surface area contributed by atoms with Crippen LogP contribution in [0.15, 0.2) is 41.2 Å². The fraction of sp³-hybridized carbons (Fsp3) is 0.308. The summed E-state index contributed by atoms with van der Waals surface area (Å²) in [4.78, 5) is 0. The lowest BCUT2D eigenvalue weighted by atomic mass is 10.0. The Bertz CT molecular complexity index is 454. The first-order chi connectivity index (χ1) is 8.31. The Morgan fingerprint density at radius 1 is 1.41 bits per heavy atom. The minimum absolute atomic E-state index is 0.00803. The van der Waals surface area contributed by atoms with E-state index in [9.17, 15) is 0 Å². The standard InChI is InChI=1S/C13H16N2O2/c1-2-12(14)11-5-3-4-6-13(11)16-8-10-7-15-17-9-10/h3-7,9,12H,2,8,14H2,1H3. The summed E-state index contributed by atoms with van der Waals surface area (Å²) in [6.07, 6.45) is 4.10. The van der Waals surface area contributed by atoms with Crippen LogP contribution in [0, 0.1) is 0 Å². The van der Waals surface area contributed by atoms with Crippen molar-refractivity contribution in [3.05, 3.63) is 47.9 Å². The Balaban J connectivity index is 2.09. The quantitative estimate of drug-likeness (QED) is 0.860. The van der Waals surface area contributed by atoms with Gasteiger partial charge in [0.05, 0.1) is 6.20 Å². The molecule has 1 aromatic heterocycles. The number of hydrogen-bond acceptors (Lipinski definition) is 4. The maximum atomic E-state index is 6.03. The summed E-state index contributed by atoms with van der Waals surface area (Å²) in [7, 11) is 0. The molecule has 2 N–H and O–H groups in total. The lowest BCUT2D eigenvalue weighted by molar-refractivity contribution is 0.299. The maximum absolute atomic E-state index is 6.03. The molecule has 90 valence electrons. The molecule has 1 atom stereocenters. The molecule has 2 aromatic rings. The third-order valence-corrected chi connectivity index (χ3v) is 2.64. The van der Waals surface area contributed by atoms with Crippen molar-refractivity contribution in [2.75, 3.05) is 0 Å². The molecule has 4 heteroatoms. The number of aromatic nitrogens is 1. The minimum Gasteiger partial charge on any atom is -0.488 e. The molecule has 0 bridgehead atoms. The smallest absolute Gasteiger partial charge is 0.130 e. The van der Waals surface area contributed by atoms with Gasteiger partial charge >= 0.3 is 0 Å². The number of hydrogen-bond donors (Lipinski definition) is 1. The number of nitrogens with two attached hydrogens (primary N) is 1. The van der Waals surface area contributed by atoms with Crippen LogP contribution in [0.5, 0.6) is 5.75 Å². The van der Waals surface area contributed by atoms with Crippen LogP contribution in [-0.4, -0.2) is 5.16 Å². The van der Waals surface area contributed by atoms with Gasteiger partial charge < -0.3 is 15.0 Å². The van der Waals surface area contributed by atoms with Gasteiger partial charge in [-0.05, 0) is 12.5 Å². The highest BCUT2D eigenvalue weighted by atomic mass is 16.5. The van der Waals surface area contributed by atoms with Gasteiger partial charge in [-0.1, -0.05) is 30.3 Å². The minimum atomic E-state index is 0.00803. The van der Waals surface area contributed by atoms with E-state index in [0.717, 1.165) is 23.3 Å². The Labute approximate surface area is 100 Å². The molecule has 0 radical (unpaired) electrons. The van der Waals surface area contributed by atoms with Gasteiger partial charge in [-0.2, -0.15) is 0 Å². The van der Waals surface area contributed by atoms with Crippen molar-refractivity contribution < 1.29 is 9.26 Å². The monoisotopic (exact) mass is 232 g/mol. The van der Waals surface area contributed by atoms with Crippen LogP contribution in [0.4, 0.5) is 0 Å². The molecule has 2 rings (SSSR count). The average Bonchev–Trinajstić information content (AvgIpc) is 2.89. The van der Waals surface area contributed by atoms with E-state index >= 15 is 0 Å². The van der Waals surface area contributed by atoms with E-state index in [1.807, 2.05) is 24.3 Å². The topological polar surface area (TPSA) is 61.3 Å². The molecular formula is C13H16N2O2. The van der Waals surface area contributed by atoms with Crippen LogP contribution < -0.4 is 10.5 Å². The second kappa shape index (κ2) is 5.50. The number of ether oxygens (including phenoxy) is 1. The molecule has 0 aliphatic heterocycles. The summed E-state index contributed by atoms with van der Waals surface area (Å²) in [5.74, 6) is 0.822. The largest absolute Gasteiger partial charge is 0.488 e. The van der Waals surface area contributed by atoms with Crippen molar-refractivity contribution in [2.45, 2.75) is 26.0 Å². The zero-order valence-corrected chi connectivity index (χ0v) is 9.80. The highest BCUT2D eigenvalue weighted by molar-refractivity contribution is 5.35. The predicted octanol–water partition coefficient (Wildman–Crippen LogP) is 2.66. The molecule has 0 fully saturated rings. The number of rotatable bonds is 5. The zero-order valence-electron chi connectivity index (χ0n) is 9.80. The first-order valence-corrected chi connectivity index (χ1v) is 5.66. The van der Waals surface area contributed by atoms with E-state index < -0.39 is 0 Å². The van der Waals surface area contributed by atoms with Gasteiger partial charge in [-0.3, -0.25) is 0 Å². The zero-order chi connectivity index (χ0) is 12.1. The van der Waals surface area contributed by atoms with Gasteiger partial charge in [0, 0.05) is 17.2 Å². The van der Waals surface area contributed by atoms with Crippen molar-refractivity contribution in [3.8, 4) is 5.75 Å². The van der Waals surface area contributed by atoms with Gasteiger partial charge in [0.1, 0.15) is 18.6 Å². The van der Waals surface area contributed by atoms with Gasteiger partial charge in [-0.15, -0.1) is 0 Å². The molecule has 1 heterocycles. The van der Waals surface area contributed by atoms with Crippen LogP contribution in [0.3, 0.4) is 0 Å². The normalized spacial score (nSPS) is 12.4. The average molecular weight is 232 g/mol. The number of para-hydroxylation sites is 1. The molecule has 17 heavy (non-hydrogen) atoms. The highest BCUT2D eigenvalue weighted by Crippen LogP contribution is 2.25. The van der Waals surface area contributed by atoms with Crippen molar-refractivity contribution in [1.29, 1.82) is 0 Å². The fourth-order valence-electron chi connectivity index (χ4n) is 1.60. The Morgan fingerprint density at radius 3 is 2.94 bits per heavy atom. The maximum Gasteiger partial charge on any atom is 0.130 e. The summed E-state index contributed by atoms with van der Waals surface area (Å²) in [5.41, 5.74) is 7.97. The molecule has 1 aromatic carbocycles. The molecule has 0 amide bonds. The van der Waals surface area contributed by atoms with Crippen molar-refractivity contribution in [3.63, 3.8) is 0 Å². The second-order valence-corrected chi connectivity index (χ2v) is 3.87. The van der Waals surface area contributed by atoms with E-state index in [4.69, 9.17) is 15.0 Å². The first kappa shape index (κ1) is 11.7. The summed E-state index contributed by atoms with van der Waals surface area (Å²) in [6.45, 7) is 2.50. The molecular weight excluding hydrogens is 216 g/mol. The number of nitrogens with zero attached hydrogens (tertiary/aromatic N) is 1. The molecule has 0 spiro atoms. The van der Waals surface area contributed by atoms with Crippen LogP contribution >= 0.6 is 0 Å². The van der Waals surface area contributed by atoms with Gasteiger partial charge in [0.25, 0.3) is 0 Å². The molecule has 0 saturated carbocycles. The SMILES string of the molecule is CCC(N)c1ccccc1OCc1cnoc1. The van der Waals surface area contributed by atoms with Crippen LogP contribution in [0.1, 0.15) is 30.5 Å². The second-order valence-electron chi connectivity index (χ2n) is 3.87. The predicted molar refractivity (Wildman–Crippen MR) is 64.5 cm³/mol. The van der Waals surface area contributed by atoms with E-state index in [1.54, 1.807) is 12.5 Å². The van der Waals surface area contributed by atoms with Gasteiger partial charge in [-0.25, -0.2) is 0 Å². The molecule has 0 aliphatic carbocycles.